The minimum Gasteiger partial charge on any atom is -0.497 e. The Kier molecular flexibility index (Phi) is 4.49. The van der Waals surface area contributed by atoms with Gasteiger partial charge >= 0.3 is 0 Å². The molecule has 1 fully saturated rings. The van der Waals surface area contributed by atoms with Gasteiger partial charge in [-0.05, 0) is 25.0 Å². The fourth-order valence-electron chi connectivity index (χ4n) is 2.74. The lowest BCUT2D eigenvalue weighted by Crippen LogP contribution is -2.52. The van der Waals surface area contributed by atoms with Crippen LogP contribution in [-0.2, 0) is 0 Å². The summed E-state index contributed by atoms with van der Waals surface area (Å²) in [6.07, 6.45) is 4.84. The molecule has 1 amide bonds. The largest absolute Gasteiger partial charge is 0.497 e. The number of nitrogens with two attached hydrogens (primary N) is 1. The fourth-order valence-corrected chi connectivity index (χ4v) is 2.74. The lowest BCUT2D eigenvalue weighted by molar-refractivity contribution is 0.0758. The Morgan fingerprint density at radius 1 is 1.35 bits per heavy atom. The first-order valence-electron chi connectivity index (χ1n) is 6.96. The van der Waals surface area contributed by atoms with Gasteiger partial charge in [-0.3, -0.25) is 4.79 Å². The number of methoxy groups -OCH3 is 1. The molecule has 0 heterocycles. The van der Waals surface area contributed by atoms with E-state index in [1.807, 2.05) is 0 Å². The molecule has 1 aromatic carbocycles. The molecule has 0 spiro atoms. The third-order valence-electron chi connectivity index (χ3n) is 3.92. The first-order valence-corrected chi connectivity index (χ1v) is 6.96. The van der Waals surface area contributed by atoms with Crippen molar-refractivity contribution in [1.29, 1.82) is 0 Å². The summed E-state index contributed by atoms with van der Waals surface area (Å²) < 4.78 is 5.12. The van der Waals surface area contributed by atoms with E-state index in [-0.39, 0.29) is 12.5 Å². The van der Waals surface area contributed by atoms with Crippen LogP contribution in [0.5, 0.6) is 5.75 Å². The Bertz CT molecular complexity index is 482. The molecule has 0 aromatic heterocycles. The molecule has 5 nitrogen and oxygen atoms in total. The van der Waals surface area contributed by atoms with Crippen molar-refractivity contribution in [3.63, 3.8) is 0 Å². The van der Waals surface area contributed by atoms with Crippen LogP contribution >= 0.6 is 0 Å². The van der Waals surface area contributed by atoms with E-state index in [0.717, 1.165) is 32.1 Å². The van der Waals surface area contributed by atoms with Gasteiger partial charge in [-0.15, -0.1) is 0 Å². The standard InChI is InChI=1S/C15H22N2O3/c1-20-13-8-11(7-12(16)9-13)14(19)17-15(10-18)5-3-2-4-6-15/h7-9,18H,2-6,10,16H2,1H3,(H,17,19). The maximum Gasteiger partial charge on any atom is 0.252 e. The highest BCUT2D eigenvalue weighted by Gasteiger charge is 2.33. The predicted octanol–water partition coefficient (Wildman–Crippen LogP) is 1.70. The summed E-state index contributed by atoms with van der Waals surface area (Å²) in [7, 11) is 1.53. The molecule has 5 heteroatoms. The van der Waals surface area contributed by atoms with E-state index in [0.29, 0.717) is 17.0 Å². The van der Waals surface area contributed by atoms with Crippen molar-refractivity contribution in [1.82, 2.24) is 5.32 Å². The number of aliphatic hydroxyl groups excluding tert-OH is 1. The van der Waals surface area contributed by atoms with Crippen LogP contribution in [0.2, 0.25) is 0 Å². The summed E-state index contributed by atoms with van der Waals surface area (Å²) in [6.45, 7) is -0.0296. The molecule has 0 bridgehead atoms. The van der Waals surface area contributed by atoms with Gasteiger partial charge in [0.2, 0.25) is 0 Å². The number of rotatable bonds is 4. The van der Waals surface area contributed by atoms with Crippen LogP contribution in [0.25, 0.3) is 0 Å². The van der Waals surface area contributed by atoms with Crippen LogP contribution < -0.4 is 15.8 Å². The Labute approximate surface area is 119 Å². The number of hydrogen-bond donors (Lipinski definition) is 3. The molecule has 110 valence electrons. The second-order valence-electron chi connectivity index (χ2n) is 5.45. The summed E-state index contributed by atoms with van der Waals surface area (Å²) in [5, 5.41) is 12.6. The van der Waals surface area contributed by atoms with E-state index >= 15 is 0 Å². The normalized spacial score (nSPS) is 17.5. The number of amides is 1. The highest BCUT2D eigenvalue weighted by molar-refractivity contribution is 5.96. The molecule has 1 saturated carbocycles. The van der Waals surface area contributed by atoms with Gasteiger partial charge in [0, 0.05) is 17.3 Å². The van der Waals surface area contributed by atoms with E-state index in [1.54, 1.807) is 18.2 Å². The fraction of sp³-hybridized carbons (Fsp3) is 0.533. The minimum absolute atomic E-state index is 0.0296. The summed E-state index contributed by atoms with van der Waals surface area (Å²) in [5.74, 6) is 0.336. The molecule has 0 aliphatic heterocycles. The lowest BCUT2D eigenvalue weighted by Gasteiger charge is -2.36. The highest BCUT2D eigenvalue weighted by Crippen LogP contribution is 2.28. The number of hydrogen-bond acceptors (Lipinski definition) is 4. The van der Waals surface area contributed by atoms with Gasteiger partial charge in [-0.25, -0.2) is 0 Å². The SMILES string of the molecule is COc1cc(N)cc(C(=O)NC2(CO)CCCCC2)c1. The highest BCUT2D eigenvalue weighted by atomic mass is 16.5. The second kappa shape index (κ2) is 6.13. The van der Waals surface area contributed by atoms with Crippen molar-refractivity contribution < 1.29 is 14.6 Å². The molecular formula is C15H22N2O3. The Balaban J connectivity index is 2.16. The van der Waals surface area contributed by atoms with Gasteiger partial charge < -0.3 is 20.9 Å². The number of nitrogen functional groups attached to an aromatic ring is 1. The van der Waals surface area contributed by atoms with Gasteiger partial charge in [0.05, 0.1) is 19.3 Å². The molecule has 20 heavy (non-hydrogen) atoms. The summed E-state index contributed by atoms with van der Waals surface area (Å²) in [4.78, 5) is 12.4. The Hall–Kier alpha value is -1.75. The smallest absolute Gasteiger partial charge is 0.252 e. The number of ether oxygens (including phenoxy) is 1. The van der Waals surface area contributed by atoms with Gasteiger partial charge in [-0.1, -0.05) is 19.3 Å². The van der Waals surface area contributed by atoms with Crippen LogP contribution in [0.15, 0.2) is 18.2 Å². The van der Waals surface area contributed by atoms with Gasteiger partial charge in [-0.2, -0.15) is 0 Å². The van der Waals surface area contributed by atoms with Gasteiger partial charge in [0.1, 0.15) is 5.75 Å². The Morgan fingerprint density at radius 2 is 2.05 bits per heavy atom. The van der Waals surface area contributed by atoms with E-state index in [9.17, 15) is 9.90 Å². The zero-order valence-corrected chi connectivity index (χ0v) is 11.8. The lowest BCUT2D eigenvalue weighted by atomic mass is 9.82. The molecule has 0 unspecified atom stereocenters. The summed E-state index contributed by atoms with van der Waals surface area (Å²) in [5.41, 5.74) is 6.21. The number of carbonyl (C=O) groups is 1. The third-order valence-corrected chi connectivity index (χ3v) is 3.92. The molecule has 4 N–H and O–H groups in total. The molecule has 1 aliphatic rings. The molecule has 0 atom stereocenters. The van der Waals surface area contributed by atoms with Crippen LogP contribution in [0, 0.1) is 0 Å². The molecular weight excluding hydrogens is 256 g/mol. The van der Waals surface area contributed by atoms with Gasteiger partial charge in [0.15, 0.2) is 0 Å². The number of anilines is 1. The van der Waals surface area contributed by atoms with Crippen molar-refractivity contribution in [3.05, 3.63) is 23.8 Å². The number of carbonyl (C=O) groups excluding carboxylic acids is 1. The average Bonchev–Trinajstić information content (AvgIpc) is 2.47. The molecule has 0 radical (unpaired) electrons. The average molecular weight is 278 g/mol. The van der Waals surface area contributed by atoms with E-state index < -0.39 is 5.54 Å². The van der Waals surface area contributed by atoms with Crippen LogP contribution in [0.3, 0.4) is 0 Å². The molecule has 0 saturated heterocycles. The number of benzene rings is 1. The van der Waals surface area contributed by atoms with Crippen LogP contribution in [0.1, 0.15) is 42.5 Å². The zero-order chi connectivity index (χ0) is 14.6. The second-order valence-corrected chi connectivity index (χ2v) is 5.45. The quantitative estimate of drug-likeness (QED) is 0.732. The number of aliphatic hydroxyl groups is 1. The maximum atomic E-state index is 12.4. The van der Waals surface area contributed by atoms with Crippen molar-refractivity contribution in [2.75, 3.05) is 19.5 Å². The first kappa shape index (κ1) is 14.7. The molecule has 1 aliphatic carbocycles. The predicted molar refractivity (Wildman–Crippen MR) is 77.8 cm³/mol. The van der Waals surface area contributed by atoms with Crippen molar-refractivity contribution >= 4 is 11.6 Å². The van der Waals surface area contributed by atoms with Crippen molar-refractivity contribution in [3.8, 4) is 5.75 Å². The van der Waals surface area contributed by atoms with Crippen molar-refractivity contribution in [2.24, 2.45) is 0 Å². The summed E-state index contributed by atoms with van der Waals surface area (Å²) in [6, 6.07) is 4.94. The third kappa shape index (κ3) is 3.22. The first-order chi connectivity index (χ1) is 9.58. The monoisotopic (exact) mass is 278 g/mol. The Morgan fingerprint density at radius 3 is 2.65 bits per heavy atom. The zero-order valence-electron chi connectivity index (χ0n) is 11.8. The van der Waals surface area contributed by atoms with Crippen molar-refractivity contribution in [2.45, 2.75) is 37.6 Å². The van der Waals surface area contributed by atoms with Crippen LogP contribution in [-0.4, -0.2) is 30.3 Å². The molecule has 2 rings (SSSR count). The maximum absolute atomic E-state index is 12.4. The molecule has 1 aromatic rings. The van der Waals surface area contributed by atoms with E-state index in [1.165, 1.54) is 7.11 Å². The minimum atomic E-state index is -0.493. The van der Waals surface area contributed by atoms with E-state index in [2.05, 4.69) is 5.32 Å². The summed E-state index contributed by atoms with van der Waals surface area (Å²) >= 11 is 0. The topological polar surface area (TPSA) is 84.6 Å². The van der Waals surface area contributed by atoms with Gasteiger partial charge in [0.25, 0.3) is 5.91 Å². The number of nitrogens with one attached hydrogen (secondary N) is 1. The van der Waals surface area contributed by atoms with E-state index in [4.69, 9.17) is 10.5 Å². The van der Waals surface area contributed by atoms with Crippen LogP contribution in [0.4, 0.5) is 5.69 Å².